The normalized spacial score (nSPS) is 18.1. The molecule has 0 aromatic carbocycles. The van der Waals surface area contributed by atoms with Crippen LogP contribution in [0.5, 0.6) is 0 Å². The van der Waals surface area contributed by atoms with Crippen LogP contribution in [0, 0.1) is 0 Å². The number of amides is 2. The molecule has 0 spiro atoms. The first-order valence-electron chi connectivity index (χ1n) is 6.30. The van der Waals surface area contributed by atoms with Crippen molar-refractivity contribution >= 4 is 41.6 Å². The first kappa shape index (κ1) is 17.6. The van der Waals surface area contributed by atoms with E-state index in [1.54, 1.807) is 27.7 Å². The number of hydrogen-bond acceptors (Lipinski definition) is 5. The molecule has 0 bridgehead atoms. The maximum absolute atomic E-state index is 12.1. The zero-order valence-corrected chi connectivity index (χ0v) is 13.8. The van der Waals surface area contributed by atoms with Crippen molar-refractivity contribution in [3.8, 4) is 0 Å². The molecule has 0 fully saturated rings. The molecule has 1 heterocycles. The Morgan fingerprint density at radius 2 is 2.14 bits per heavy atom. The van der Waals surface area contributed by atoms with E-state index in [0.29, 0.717) is 0 Å². The van der Waals surface area contributed by atoms with Crippen molar-refractivity contribution in [3.63, 3.8) is 0 Å². The van der Waals surface area contributed by atoms with Gasteiger partial charge in [-0.25, -0.2) is 14.8 Å². The highest BCUT2D eigenvalue weighted by atomic mass is 35.5. The van der Waals surface area contributed by atoms with Crippen LogP contribution in [0.15, 0.2) is 16.3 Å². The van der Waals surface area contributed by atoms with Gasteiger partial charge >= 0.3 is 6.09 Å². The summed E-state index contributed by atoms with van der Waals surface area (Å²) in [6.07, 6.45) is 1.94. The van der Waals surface area contributed by atoms with Gasteiger partial charge in [0.05, 0.1) is 6.20 Å². The Morgan fingerprint density at radius 1 is 1.52 bits per heavy atom. The summed E-state index contributed by atoms with van der Waals surface area (Å²) in [5, 5.41) is 1.22. The van der Waals surface area contributed by atoms with Gasteiger partial charge in [0.1, 0.15) is 10.8 Å². The lowest BCUT2D eigenvalue weighted by Gasteiger charge is -2.29. The van der Waals surface area contributed by atoms with Crippen LogP contribution in [-0.4, -0.2) is 45.8 Å². The van der Waals surface area contributed by atoms with E-state index in [-0.39, 0.29) is 11.7 Å². The molecule has 0 aliphatic carbocycles. The van der Waals surface area contributed by atoms with Gasteiger partial charge in [0.25, 0.3) is 5.91 Å². The van der Waals surface area contributed by atoms with Gasteiger partial charge in [-0.05, 0) is 27.7 Å². The average Bonchev–Trinajstić information content (AvgIpc) is 2.33. The third-order valence-corrected chi connectivity index (χ3v) is 2.78. The third-order valence-electron chi connectivity index (χ3n) is 2.28. The number of aliphatic imine (C=N–C) groups is 1. The zero-order chi connectivity index (χ0) is 16.2. The zero-order valence-electron chi connectivity index (χ0n) is 12.3. The lowest BCUT2D eigenvalue weighted by molar-refractivity contribution is -0.127. The Morgan fingerprint density at radius 3 is 2.62 bits per heavy atom. The SMILES string of the molecule is CCN(NC(=O)C1C=NC(Cl)=CN1Cl)C(=O)OC(C)(C)C. The molecular formula is C12H18Cl2N4O3. The third kappa shape index (κ3) is 5.43. The number of nitrogens with one attached hydrogen (secondary N) is 1. The number of hydrazine groups is 1. The summed E-state index contributed by atoms with van der Waals surface area (Å²) in [5.74, 6) is -0.526. The molecule has 1 unspecified atom stereocenters. The molecule has 2 amide bonds. The van der Waals surface area contributed by atoms with Crippen LogP contribution in [0.3, 0.4) is 0 Å². The van der Waals surface area contributed by atoms with Crippen LogP contribution >= 0.6 is 23.4 Å². The van der Waals surface area contributed by atoms with E-state index in [9.17, 15) is 9.59 Å². The van der Waals surface area contributed by atoms with E-state index in [1.807, 2.05) is 0 Å². The van der Waals surface area contributed by atoms with Gasteiger partial charge in [-0.15, -0.1) is 0 Å². The first-order chi connectivity index (χ1) is 9.64. The number of halogens is 2. The fourth-order valence-corrected chi connectivity index (χ4v) is 1.81. The Bertz CT molecular complexity index is 474. The highest BCUT2D eigenvalue weighted by molar-refractivity contribution is 6.31. The highest BCUT2D eigenvalue weighted by Crippen LogP contribution is 2.16. The van der Waals surface area contributed by atoms with E-state index >= 15 is 0 Å². The predicted molar refractivity (Wildman–Crippen MR) is 80.7 cm³/mol. The van der Waals surface area contributed by atoms with Gasteiger partial charge < -0.3 is 4.74 Å². The quantitative estimate of drug-likeness (QED) is 0.476. The van der Waals surface area contributed by atoms with E-state index in [0.717, 1.165) is 9.43 Å². The number of hydrogen-bond donors (Lipinski definition) is 1. The van der Waals surface area contributed by atoms with Crippen LogP contribution in [0.4, 0.5) is 4.79 Å². The van der Waals surface area contributed by atoms with Crippen LogP contribution < -0.4 is 5.43 Å². The van der Waals surface area contributed by atoms with Crippen LogP contribution in [0.1, 0.15) is 27.7 Å². The van der Waals surface area contributed by atoms with Gasteiger partial charge in [-0.1, -0.05) is 11.6 Å². The smallest absolute Gasteiger partial charge is 0.429 e. The summed E-state index contributed by atoms with van der Waals surface area (Å²) in [5.41, 5.74) is 1.78. The molecular weight excluding hydrogens is 319 g/mol. The molecule has 0 saturated carbocycles. The molecule has 7 nitrogen and oxygen atoms in total. The molecule has 1 N–H and O–H groups in total. The Kier molecular flexibility index (Phi) is 5.86. The molecule has 118 valence electrons. The molecule has 1 rings (SSSR count). The van der Waals surface area contributed by atoms with E-state index < -0.39 is 23.6 Å². The van der Waals surface area contributed by atoms with Gasteiger partial charge in [-0.3, -0.25) is 14.6 Å². The standard InChI is InChI=1S/C12H18Cl2N4O3/c1-5-18(11(20)21-12(2,3)4)16-10(19)8-6-15-9(13)7-17(8)14/h6-8H,5H2,1-4H3,(H,16,19). The van der Waals surface area contributed by atoms with Crippen molar-refractivity contribution in [1.29, 1.82) is 0 Å². The van der Waals surface area contributed by atoms with Crippen molar-refractivity contribution in [3.05, 3.63) is 11.4 Å². The summed E-state index contributed by atoms with van der Waals surface area (Å²) in [6, 6.07) is -0.870. The molecule has 0 aromatic rings. The van der Waals surface area contributed by atoms with Crippen molar-refractivity contribution in [2.45, 2.75) is 39.3 Å². The minimum Gasteiger partial charge on any atom is -0.442 e. The van der Waals surface area contributed by atoms with Gasteiger partial charge in [0.15, 0.2) is 6.04 Å². The average molecular weight is 337 g/mol. The Balaban J connectivity index is 2.68. The molecule has 1 aliphatic heterocycles. The number of nitrogens with zero attached hydrogens (tertiary/aromatic N) is 3. The molecule has 9 heteroatoms. The number of ether oxygens (including phenoxy) is 1. The first-order valence-corrected chi connectivity index (χ1v) is 7.02. The maximum Gasteiger partial charge on any atom is 0.429 e. The number of carbonyl (C=O) groups is 2. The lowest BCUT2D eigenvalue weighted by atomic mass is 10.2. The topological polar surface area (TPSA) is 74.2 Å². The largest absolute Gasteiger partial charge is 0.442 e. The summed E-state index contributed by atoms with van der Waals surface area (Å²) >= 11 is 11.5. The highest BCUT2D eigenvalue weighted by Gasteiger charge is 2.28. The Hall–Kier alpha value is -1.47. The second-order valence-corrected chi connectivity index (χ2v) is 6.00. The minimum absolute atomic E-state index is 0.161. The number of carbonyl (C=O) groups excluding carboxylic acids is 2. The summed E-state index contributed by atoms with van der Waals surface area (Å²) in [7, 11) is 0. The van der Waals surface area contributed by atoms with Crippen LogP contribution in [0.2, 0.25) is 0 Å². The van der Waals surface area contributed by atoms with E-state index in [4.69, 9.17) is 28.1 Å². The molecule has 0 saturated heterocycles. The molecule has 1 aliphatic rings. The van der Waals surface area contributed by atoms with Crippen molar-refractivity contribution in [2.75, 3.05) is 6.54 Å². The molecule has 0 aromatic heterocycles. The summed E-state index contributed by atoms with van der Waals surface area (Å²) in [6.45, 7) is 7.16. The van der Waals surface area contributed by atoms with Gasteiger partial charge in [0, 0.05) is 24.5 Å². The monoisotopic (exact) mass is 336 g/mol. The summed E-state index contributed by atoms with van der Waals surface area (Å²) in [4.78, 5) is 27.8. The van der Waals surface area contributed by atoms with E-state index in [2.05, 4.69) is 10.4 Å². The number of rotatable bonds is 2. The van der Waals surface area contributed by atoms with Crippen LogP contribution in [0.25, 0.3) is 0 Å². The van der Waals surface area contributed by atoms with Crippen molar-refractivity contribution in [1.82, 2.24) is 14.9 Å². The van der Waals surface area contributed by atoms with Gasteiger partial charge in [0.2, 0.25) is 0 Å². The molecule has 21 heavy (non-hydrogen) atoms. The summed E-state index contributed by atoms with van der Waals surface area (Å²) < 4.78 is 6.26. The lowest BCUT2D eigenvalue weighted by Crippen LogP contribution is -2.53. The molecule has 0 radical (unpaired) electrons. The van der Waals surface area contributed by atoms with Gasteiger partial charge in [-0.2, -0.15) is 0 Å². The van der Waals surface area contributed by atoms with Crippen LogP contribution in [-0.2, 0) is 9.53 Å². The fraction of sp³-hybridized carbons (Fsp3) is 0.583. The van der Waals surface area contributed by atoms with E-state index in [1.165, 1.54) is 12.4 Å². The second-order valence-electron chi connectivity index (χ2n) is 5.22. The minimum atomic E-state index is -0.870. The molecule has 1 atom stereocenters. The fourth-order valence-electron chi connectivity index (χ4n) is 1.37. The Labute approximate surface area is 133 Å². The second kappa shape index (κ2) is 7.00. The van der Waals surface area contributed by atoms with Crippen molar-refractivity contribution < 1.29 is 14.3 Å². The maximum atomic E-state index is 12.1. The predicted octanol–water partition coefficient (Wildman–Crippen LogP) is 2.22. The van der Waals surface area contributed by atoms with Crippen molar-refractivity contribution in [2.24, 2.45) is 4.99 Å².